The predicted molar refractivity (Wildman–Crippen MR) is 92.4 cm³/mol. The molecule has 3 amide bonds. The Bertz CT molecular complexity index is 752. The average Bonchev–Trinajstić information content (AvgIpc) is 2.49. The lowest BCUT2D eigenvalue weighted by Crippen LogP contribution is -2.20. The first kappa shape index (κ1) is 18.8. The van der Waals surface area contributed by atoms with Crippen LogP contribution in [-0.2, 0) is 14.4 Å². The van der Waals surface area contributed by atoms with Crippen molar-refractivity contribution in [3.63, 3.8) is 0 Å². The van der Waals surface area contributed by atoms with Gasteiger partial charge in [0.15, 0.2) is 5.82 Å². The Morgan fingerprint density at radius 2 is 1.29 bits per heavy atom. The zero-order chi connectivity index (χ0) is 18.4. The summed E-state index contributed by atoms with van der Waals surface area (Å²) in [7, 11) is 0. The highest BCUT2D eigenvalue weighted by atomic mass is 16.2. The van der Waals surface area contributed by atoms with E-state index in [0.717, 1.165) is 0 Å². The SMILES string of the molecule is C=C(C)C(=O)Nc1ncc(NC(=O)C(=C)C)c(NC(=O)C(=C)C)n1. The van der Waals surface area contributed by atoms with Gasteiger partial charge in [0, 0.05) is 16.7 Å². The van der Waals surface area contributed by atoms with Crippen LogP contribution >= 0.6 is 0 Å². The normalized spacial score (nSPS) is 9.62. The van der Waals surface area contributed by atoms with E-state index in [0.29, 0.717) is 0 Å². The van der Waals surface area contributed by atoms with Crippen molar-refractivity contribution in [1.82, 2.24) is 9.97 Å². The number of aromatic nitrogens is 2. The van der Waals surface area contributed by atoms with E-state index < -0.39 is 17.7 Å². The molecule has 0 fully saturated rings. The van der Waals surface area contributed by atoms with Gasteiger partial charge in [-0.2, -0.15) is 4.98 Å². The molecule has 1 aromatic heterocycles. The number of anilines is 3. The van der Waals surface area contributed by atoms with E-state index in [-0.39, 0.29) is 34.2 Å². The molecule has 0 aliphatic heterocycles. The van der Waals surface area contributed by atoms with Crippen molar-refractivity contribution in [3.05, 3.63) is 42.7 Å². The monoisotopic (exact) mass is 329 g/mol. The van der Waals surface area contributed by atoms with E-state index in [2.05, 4.69) is 45.7 Å². The summed E-state index contributed by atoms with van der Waals surface area (Å²) in [6.07, 6.45) is 1.26. The Hall–Kier alpha value is -3.29. The maximum absolute atomic E-state index is 11.8. The molecule has 24 heavy (non-hydrogen) atoms. The predicted octanol–water partition coefficient (Wildman–Crippen LogP) is 2.02. The highest BCUT2D eigenvalue weighted by Gasteiger charge is 2.15. The summed E-state index contributed by atoms with van der Waals surface area (Å²) in [6, 6.07) is 0. The first-order valence-electron chi connectivity index (χ1n) is 6.89. The van der Waals surface area contributed by atoms with Gasteiger partial charge in [-0.25, -0.2) is 4.98 Å². The zero-order valence-electron chi connectivity index (χ0n) is 13.8. The number of nitrogens with zero attached hydrogens (tertiary/aromatic N) is 2. The Morgan fingerprint density at radius 3 is 1.79 bits per heavy atom. The number of hydrogen-bond donors (Lipinski definition) is 3. The summed E-state index contributed by atoms with van der Waals surface area (Å²) in [6.45, 7) is 15.1. The van der Waals surface area contributed by atoms with Crippen molar-refractivity contribution in [1.29, 1.82) is 0 Å². The number of carbonyl (C=O) groups is 3. The summed E-state index contributed by atoms with van der Waals surface area (Å²) in [5.41, 5.74) is 0.946. The molecule has 0 aromatic carbocycles. The lowest BCUT2D eigenvalue weighted by atomic mass is 10.3. The van der Waals surface area contributed by atoms with Gasteiger partial charge in [0.2, 0.25) is 5.95 Å². The second kappa shape index (κ2) is 7.82. The Balaban J connectivity index is 3.18. The van der Waals surface area contributed by atoms with Crippen LogP contribution in [-0.4, -0.2) is 27.7 Å². The third kappa shape index (κ3) is 5.16. The van der Waals surface area contributed by atoms with Crippen molar-refractivity contribution < 1.29 is 14.4 Å². The summed E-state index contributed by atoms with van der Waals surface area (Å²) in [5.74, 6) is -1.44. The van der Waals surface area contributed by atoms with Crippen LogP contribution in [0.2, 0.25) is 0 Å². The third-order valence-electron chi connectivity index (χ3n) is 2.66. The molecule has 0 unspecified atom stereocenters. The van der Waals surface area contributed by atoms with Gasteiger partial charge in [-0.1, -0.05) is 19.7 Å². The summed E-state index contributed by atoms with van der Waals surface area (Å²) < 4.78 is 0. The fraction of sp³-hybridized carbons (Fsp3) is 0.188. The molecule has 3 N–H and O–H groups in total. The number of nitrogens with one attached hydrogen (secondary N) is 3. The lowest BCUT2D eigenvalue weighted by molar-refractivity contribution is -0.113. The molecule has 0 atom stereocenters. The minimum Gasteiger partial charge on any atom is -0.318 e. The van der Waals surface area contributed by atoms with Crippen molar-refractivity contribution in [2.24, 2.45) is 0 Å². The highest BCUT2D eigenvalue weighted by Crippen LogP contribution is 2.21. The van der Waals surface area contributed by atoms with Crippen LogP contribution in [0.1, 0.15) is 20.8 Å². The van der Waals surface area contributed by atoms with E-state index in [1.54, 1.807) is 0 Å². The number of amides is 3. The Kier molecular flexibility index (Phi) is 6.11. The van der Waals surface area contributed by atoms with Gasteiger partial charge in [0.1, 0.15) is 5.69 Å². The van der Waals surface area contributed by atoms with Crippen molar-refractivity contribution in [2.75, 3.05) is 16.0 Å². The molecule has 0 aliphatic carbocycles. The van der Waals surface area contributed by atoms with E-state index in [1.807, 2.05) is 0 Å². The van der Waals surface area contributed by atoms with Crippen molar-refractivity contribution >= 4 is 35.2 Å². The number of hydrogen-bond acceptors (Lipinski definition) is 5. The average molecular weight is 329 g/mol. The smallest absolute Gasteiger partial charge is 0.253 e. The first-order chi connectivity index (χ1) is 11.1. The topological polar surface area (TPSA) is 113 Å². The van der Waals surface area contributed by atoms with E-state index in [4.69, 9.17) is 0 Å². The van der Waals surface area contributed by atoms with Gasteiger partial charge in [-0.15, -0.1) is 0 Å². The zero-order valence-corrected chi connectivity index (χ0v) is 13.8. The molecule has 1 rings (SSSR count). The Morgan fingerprint density at radius 1 is 0.833 bits per heavy atom. The van der Waals surface area contributed by atoms with E-state index in [9.17, 15) is 14.4 Å². The summed E-state index contributed by atoms with van der Waals surface area (Å²) in [5, 5.41) is 7.43. The number of rotatable bonds is 6. The largest absolute Gasteiger partial charge is 0.318 e. The van der Waals surface area contributed by atoms with Crippen LogP contribution in [0.3, 0.4) is 0 Å². The molecule has 8 heteroatoms. The molecular weight excluding hydrogens is 310 g/mol. The minimum atomic E-state index is -0.489. The van der Waals surface area contributed by atoms with Gasteiger partial charge in [0.25, 0.3) is 17.7 Å². The molecule has 0 aliphatic rings. The molecule has 126 valence electrons. The Labute approximate surface area is 139 Å². The van der Waals surface area contributed by atoms with Crippen LogP contribution in [0.15, 0.2) is 42.7 Å². The summed E-state index contributed by atoms with van der Waals surface area (Å²) >= 11 is 0. The maximum atomic E-state index is 11.8. The van der Waals surface area contributed by atoms with Crippen LogP contribution < -0.4 is 16.0 Å². The van der Waals surface area contributed by atoms with Crippen LogP contribution in [0.25, 0.3) is 0 Å². The van der Waals surface area contributed by atoms with E-state index >= 15 is 0 Å². The lowest BCUT2D eigenvalue weighted by Gasteiger charge is -2.12. The van der Waals surface area contributed by atoms with Gasteiger partial charge < -0.3 is 10.6 Å². The van der Waals surface area contributed by atoms with Gasteiger partial charge in [-0.3, -0.25) is 19.7 Å². The standard InChI is InChI=1S/C16H19N5O3/c1-8(2)13(22)18-11-7-17-16(21-15(24)10(5)6)20-12(11)19-14(23)9(3)4/h7H,1,3,5H2,2,4,6H3,(H,18,22)(H2,17,19,20,21,23,24). The third-order valence-corrected chi connectivity index (χ3v) is 2.66. The number of carbonyl (C=O) groups excluding carboxylic acids is 3. The second-order valence-corrected chi connectivity index (χ2v) is 5.16. The molecule has 0 bridgehead atoms. The van der Waals surface area contributed by atoms with Crippen molar-refractivity contribution in [2.45, 2.75) is 20.8 Å². The summed E-state index contributed by atoms with van der Waals surface area (Å²) in [4.78, 5) is 43.2. The minimum absolute atomic E-state index is 0.0182. The molecule has 8 nitrogen and oxygen atoms in total. The highest BCUT2D eigenvalue weighted by molar-refractivity contribution is 6.08. The quantitative estimate of drug-likeness (QED) is 0.691. The molecule has 0 radical (unpaired) electrons. The fourth-order valence-electron chi connectivity index (χ4n) is 1.28. The first-order valence-corrected chi connectivity index (χ1v) is 6.89. The molecular formula is C16H19N5O3. The van der Waals surface area contributed by atoms with Gasteiger partial charge in [-0.05, 0) is 20.8 Å². The molecule has 1 heterocycles. The second-order valence-electron chi connectivity index (χ2n) is 5.16. The van der Waals surface area contributed by atoms with Crippen LogP contribution in [0, 0.1) is 0 Å². The van der Waals surface area contributed by atoms with Crippen molar-refractivity contribution in [3.8, 4) is 0 Å². The fourth-order valence-corrected chi connectivity index (χ4v) is 1.28. The van der Waals surface area contributed by atoms with E-state index in [1.165, 1.54) is 27.0 Å². The van der Waals surface area contributed by atoms with Crippen LogP contribution in [0.4, 0.5) is 17.5 Å². The molecule has 0 saturated carbocycles. The maximum Gasteiger partial charge on any atom is 0.253 e. The van der Waals surface area contributed by atoms with Crippen LogP contribution in [0.5, 0.6) is 0 Å². The van der Waals surface area contributed by atoms with Gasteiger partial charge >= 0.3 is 0 Å². The van der Waals surface area contributed by atoms with Gasteiger partial charge in [0.05, 0.1) is 6.20 Å². The molecule has 0 saturated heterocycles. The molecule has 1 aromatic rings. The molecule has 0 spiro atoms.